The second-order valence-corrected chi connectivity index (χ2v) is 7.94. The van der Waals surface area contributed by atoms with Crippen LogP contribution in [0, 0.1) is 12.3 Å². The number of piperidine rings is 1. The van der Waals surface area contributed by atoms with Crippen molar-refractivity contribution in [3.63, 3.8) is 0 Å². The number of amides is 1. The lowest BCUT2D eigenvalue weighted by molar-refractivity contribution is -0.139. The standard InChI is InChI=1S/C20H33N3O2/c1-16-8-6-7-9-17(16)18(22(4)5)19(25)23-12-10-20(15-24,11-13-23)14-21(2)3/h6-9,18,24H,10-15H2,1-5H3/t18-/m0/s1. The van der Waals surface area contributed by atoms with Crippen LogP contribution in [0.2, 0.25) is 0 Å². The Morgan fingerprint density at radius 2 is 1.80 bits per heavy atom. The van der Waals surface area contributed by atoms with Crippen molar-refractivity contribution < 1.29 is 9.90 Å². The number of carbonyl (C=O) groups excluding carboxylic acids is 1. The van der Waals surface area contributed by atoms with Crippen LogP contribution in [0.25, 0.3) is 0 Å². The molecule has 1 aliphatic rings. The Labute approximate surface area is 152 Å². The van der Waals surface area contributed by atoms with Gasteiger partial charge in [-0.2, -0.15) is 0 Å². The predicted octanol–water partition coefficient (Wildman–Crippen LogP) is 1.76. The molecule has 1 atom stereocenters. The summed E-state index contributed by atoms with van der Waals surface area (Å²) < 4.78 is 0. The maximum Gasteiger partial charge on any atom is 0.244 e. The number of carbonyl (C=O) groups is 1. The molecule has 0 aromatic heterocycles. The van der Waals surface area contributed by atoms with Crippen molar-refractivity contribution >= 4 is 5.91 Å². The van der Waals surface area contributed by atoms with Crippen molar-refractivity contribution in [1.29, 1.82) is 0 Å². The number of aliphatic hydroxyl groups excluding tert-OH is 1. The zero-order valence-corrected chi connectivity index (χ0v) is 16.3. The van der Waals surface area contributed by atoms with E-state index in [-0.39, 0.29) is 24.0 Å². The second-order valence-electron chi connectivity index (χ2n) is 7.94. The first-order chi connectivity index (χ1) is 11.8. The quantitative estimate of drug-likeness (QED) is 0.852. The smallest absolute Gasteiger partial charge is 0.244 e. The van der Waals surface area contributed by atoms with Crippen LogP contribution in [0.3, 0.4) is 0 Å². The van der Waals surface area contributed by atoms with Gasteiger partial charge in [0.25, 0.3) is 0 Å². The maximum absolute atomic E-state index is 13.2. The highest BCUT2D eigenvalue weighted by Gasteiger charge is 2.38. The Morgan fingerprint density at radius 1 is 1.20 bits per heavy atom. The van der Waals surface area contributed by atoms with E-state index in [0.29, 0.717) is 13.1 Å². The molecule has 1 saturated heterocycles. The first-order valence-corrected chi connectivity index (χ1v) is 9.06. The minimum Gasteiger partial charge on any atom is -0.396 e. The molecule has 5 nitrogen and oxygen atoms in total. The van der Waals surface area contributed by atoms with Gasteiger partial charge in [0.1, 0.15) is 6.04 Å². The molecule has 0 spiro atoms. The van der Waals surface area contributed by atoms with Crippen LogP contribution in [0.15, 0.2) is 24.3 Å². The average Bonchev–Trinajstić information content (AvgIpc) is 2.56. The minimum absolute atomic E-state index is 0.0867. The number of likely N-dealkylation sites (tertiary alicyclic amines) is 1. The molecule has 2 rings (SSSR count). The largest absolute Gasteiger partial charge is 0.396 e. The molecule has 1 heterocycles. The zero-order valence-electron chi connectivity index (χ0n) is 16.3. The van der Waals surface area contributed by atoms with Crippen LogP contribution in [0.4, 0.5) is 0 Å². The van der Waals surface area contributed by atoms with Gasteiger partial charge in [-0.25, -0.2) is 0 Å². The monoisotopic (exact) mass is 347 g/mol. The van der Waals surface area contributed by atoms with E-state index >= 15 is 0 Å². The lowest BCUT2D eigenvalue weighted by Crippen LogP contribution is -2.50. The van der Waals surface area contributed by atoms with Gasteiger partial charge in [-0.05, 0) is 59.1 Å². The molecule has 140 valence electrons. The summed E-state index contributed by atoms with van der Waals surface area (Å²) in [6.45, 7) is 4.53. The highest BCUT2D eigenvalue weighted by molar-refractivity contribution is 5.83. The number of nitrogens with zero attached hydrogens (tertiary/aromatic N) is 3. The summed E-state index contributed by atoms with van der Waals surface area (Å²) in [5.74, 6) is 0.163. The van der Waals surface area contributed by atoms with Crippen LogP contribution in [-0.4, -0.2) is 80.1 Å². The molecular formula is C20H33N3O2. The van der Waals surface area contributed by atoms with Crippen molar-refractivity contribution in [2.45, 2.75) is 25.8 Å². The summed E-state index contributed by atoms with van der Waals surface area (Å²) in [6, 6.07) is 7.86. The maximum atomic E-state index is 13.2. The second kappa shape index (κ2) is 8.30. The van der Waals surface area contributed by atoms with E-state index in [2.05, 4.69) is 17.9 Å². The molecule has 1 aliphatic heterocycles. The summed E-state index contributed by atoms with van der Waals surface area (Å²) in [4.78, 5) is 19.3. The molecule has 1 aromatic carbocycles. The fraction of sp³-hybridized carbons (Fsp3) is 0.650. The van der Waals surface area contributed by atoms with Gasteiger partial charge in [0.05, 0.1) is 6.61 Å². The Morgan fingerprint density at radius 3 is 2.28 bits per heavy atom. The molecule has 1 fully saturated rings. The van der Waals surface area contributed by atoms with Crippen molar-refractivity contribution in [2.75, 3.05) is 54.4 Å². The highest BCUT2D eigenvalue weighted by Crippen LogP contribution is 2.33. The Kier molecular flexibility index (Phi) is 6.60. The first-order valence-electron chi connectivity index (χ1n) is 9.06. The number of benzene rings is 1. The summed E-state index contributed by atoms with van der Waals surface area (Å²) in [5, 5.41) is 9.89. The van der Waals surface area contributed by atoms with Crippen LogP contribution in [0.5, 0.6) is 0 Å². The fourth-order valence-electron chi connectivity index (χ4n) is 3.94. The van der Waals surface area contributed by atoms with Gasteiger partial charge in [0.2, 0.25) is 5.91 Å². The summed E-state index contributed by atoms with van der Waals surface area (Å²) >= 11 is 0. The molecule has 1 aromatic rings. The lowest BCUT2D eigenvalue weighted by atomic mass is 9.78. The molecule has 1 amide bonds. The highest BCUT2D eigenvalue weighted by atomic mass is 16.3. The molecule has 25 heavy (non-hydrogen) atoms. The Balaban J connectivity index is 2.13. The Bertz CT molecular complexity index is 578. The summed E-state index contributed by atoms with van der Waals surface area (Å²) in [6.07, 6.45) is 1.70. The van der Waals surface area contributed by atoms with Crippen molar-refractivity contribution in [1.82, 2.24) is 14.7 Å². The van der Waals surface area contributed by atoms with Gasteiger partial charge in [-0.15, -0.1) is 0 Å². The first kappa shape index (κ1) is 19.9. The molecule has 1 N–H and O–H groups in total. The third-order valence-electron chi connectivity index (χ3n) is 5.36. The van der Waals surface area contributed by atoms with Crippen molar-refractivity contribution in [3.05, 3.63) is 35.4 Å². The van der Waals surface area contributed by atoms with E-state index in [0.717, 1.165) is 30.5 Å². The van der Waals surface area contributed by atoms with Crippen molar-refractivity contribution in [2.24, 2.45) is 5.41 Å². The fourth-order valence-corrected chi connectivity index (χ4v) is 3.94. The third-order valence-corrected chi connectivity index (χ3v) is 5.36. The van der Waals surface area contributed by atoms with E-state index in [4.69, 9.17) is 0 Å². The van der Waals surface area contributed by atoms with E-state index < -0.39 is 0 Å². The minimum atomic E-state index is -0.253. The van der Waals surface area contributed by atoms with E-state index in [1.54, 1.807) is 0 Å². The van der Waals surface area contributed by atoms with Gasteiger partial charge in [-0.1, -0.05) is 24.3 Å². The van der Waals surface area contributed by atoms with Crippen LogP contribution < -0.4 is 0 Å². The van der Waals surface area contributed by atoms with Gasteiger partial charge >= 0.3 is 0 Å². The van der Waals surface area contributed by atoms with Gasteiger partial charge < -0.3 is 14.9 Å². The number of rotatable bonds is 6. The van der Waals surface area contributed by atoms with Crippen LogP contribution in [-0.2, 0) is 4.79 Å². The number of likely N-dealkylation sites (N-methyl/N-ethyl adjacent to an activating group) is 1. The number of hydrogen-bond donors (Lipinski definition) is 1. The molecule has 5 heteroatoms. The van der Waals surface area contributed by atoms with Gasteiger partial charge in [-0.3, -0.25) is 9.69 Å². The number of aryl methyl sites for hydroxylation is 1. The van der Waals surface area contributed by atoms with Gasteiger partial charge in [0, 0.05) is 25.0 Å². The normalized spacial score (nSPS) is 18.6. The van der Waals surface area contributed by atoms with E-state index in [1.807, 2.05) is 56.2 Å². The summed E-state index contributed by atoms with van der Waals surface area (Å²) in [7, 11) is 8.00. The van der Waals surface area contributed by atoms with E-state index in [1.165, 1.54) is 0 Å². The number of aliphatic hydroxyl groups is 1. The molecular weight excluding hydrogens is 314 g/mol. The van der Waals surface area contributed by atoms with Crippen LogP contribution >= 0.6 is 0 Å². The predicted molar refractivity (Wildman–Crippen MR) is 101 cm³/mol. The zero-order chi connectivity index (χ0) is 18.6. The summed E-state index contributed by atoms with van der Waals surface area (Å²) in [5.41, 5.74) is 2.13. The molecule has 0 radical (unpaired) electrons. The van der Waals surface area contributed by atoms with Gasteiger partial charge in [0.15, 0.2) is 0 Å². The average molecular weight is 348 g/mol. The van der Waals surface area contributed by atoms with E-state index in [9.17, 15) is 9.90 Å². The Hall–Kier alpha value is -1.43. The lowest BCUT2D eigenvalue weighted by Gasteiger charge is -2.43. The molecule has 0 unspecified atom stereocenters. The molecule has 0 bridgehead atoms. The number of hydrogen-bond acceptors (Lipinski definition) is 4. The molecule has 0 aliphatic carbocycles. The topological polar surface area (TPSA) is 47.0 Å². The SMILES string of the molecule is Cc1ccccc1[C@@H](C(=O)N1CCC(CO)(CN(C)C)CC1)N(C)C. The van der Waals surface area contributed by atoms with Crippen molar-refractivity contribution in [3.8, 4) is 0 Å². The van der Waals surface area contributed by atoms with Crippen LogP contribution in [0.1, 0.15) is 30.0 Å². The third kappa shape index (κ3) is 4.60. The molecule has 0 saturated carbocycles.